The number of non-ortho nitro benzene ring substituents is 1. The van der Waals surface area contributed by atoms with Crippen molar-refractivity contribution in [3.8, 4) is 0 Å². The Labute approximate surface area is 130 Å². The summed E-state index contributed by atoms with van der Waals surface area (Å²) in [5.74, 6) is 1.87. The Balaban J connectivity index is 1.71. The van der Waals surface area contributed by atoms with Crippen molar-refractivity contribution in [1.29, 1.82) is 0 Å². The van der Waals surface area contributed by atoms with Crippen LogP contribution in [0.25, 0.3) is 0 Å². The first-order chi connectivity index (χ1) is 10.4. The first-order valence-corrected chi connectivity index (χ1v) is 9.10. The Morgan fingerprint density at radius 2 is 2.09 bits per heavy atom. The van der Waals surface area contributed by atoms with Gasteiger partial charge < -0.3 is 0 Å². The zero-order valence-electron chi connectivity index (χ0n) is 12.5. The maximum absolute atomic E-state index is 12.4. The smallest absolute Gasteiger partial charge is 0.258 e. The van der Waals surface area contributed by atoms with Gasteiger partial charge in [0.25, 0.3) is 5.69 Å². The molecule has 1 aromatic rings. The van der Waals surface area contributed by atoms with Crippen molar-refractivity contribution in [1.82, 2.24) is 4.72 Å². The molecule has 7 heteroatoms. The third-order valence-corrected chi connectivity index (χ3v) is 6.66. The highest BCUT2D eigenvalue weighted by Crippen LogP contribution is 2.48. The molecule has 3 rings (SSSR count). The molecule has 2 aliphatic carbocycles. The minimum atomic E-state index is -3.61. The first kappa shape index (κ1) is 15.4. The number of hydrogen-bond acceptors (Lipinski definition) is 4. The van der Waals surface area contributed by atoms with Gasteiger partial charge in [0.05, 0.1) is 9.82 Å². The molecule has 2 fully saturated rings. The normalized spacial score (nSPS) is 27.2. The van der Waals surface area contributed by atoms with E-state index in [2.05, 4.69) is 4.72 Å². The van der Waals surface area contributed by atoms with Crippen molar-refractivity contribution in [3.05, 3.63) is 33.9 Å². The minimum Gasteiger partial charge on any atom is -0.258 e. The summed E-state index contributed by atoms with van der Waals surface area (Å²) in [6.45, 7) is 2.05. The molecule has 1 aromatic carbocycles. The topological polar surface area (TPSA) is 89.3 Å². The molecule has 0 saturated heterocycles. The highest BCUT2D eigenvalue weighted by molar-refractivity contribution is 7.89. The molecule has 22 heavy (non-hydrogen) atoms. The molecule has 0 aromatic heterocycles. The fourth-order valence-corrected chi connectivity index (χ4v) is 5.29. The van der Waals surface area contributed by atoms with Crippen LogP contribution >= 0.6 is 0 Å². The van der Waals surface area contributed by atoms with Crippen molar-refractivity contribution in [2.45, 2.75) is 37.5 Å². The number of benzene rings is 1. The van der Waals surface area contributed by atoms with Gasteiger partial charge in [0.1, 0.15) is 0 Å². The Morgan fingerprint density at radius 1 is 1.32 bits per heavy atom. The number of aryl methyl sites for hydroxylation is 1. The predicted molar refractivity (Wildman–Crippen MR) is 82.0 cm³/mol. The summed E-state index contributed by atoms with van der Waals surface area (Å²) in [5, 5.41) is 10.7. The van der Waals surface area contributed by atoms with Gasteiger partial charge in [-0.05, 0) is 55.6 Å². The molecule has 2 saturated carbocycles. The van der Waals surface area contributed by atoms with E-state index in [4.69, 9.17) is 0 Å². The molecule has 0 unspecified atom stereocenters. The van der Waals surface area contributed by atoms with E-state index >= 15 is 0 Å². The number of rotatable bonds is 5. The molecular weight excluding hydrogens is 304 g/mol. The van der Waals surface area contributed by atoms with Crippen LogP contribution in [0.3, 0.4) is 0 Å². The van der Waals surface area contributed by atoms with Gasteiger partial charge in [-0.3, -0.25) is 10.1 Å². The molecular formula is C15H20N2O4S. The van der Waals surface area contributed by atoms with Crippen molar-refractivity contribution in [2.75, 3.05) is 6.54 Å². The fraction of sp³-hybridized carbons (Fsp3) is 0.600. The van der Waals surface area contributed by atoms with Crippen molar-refractivity contribution < 1.29 is 13.3 Å². The first-order valence-electron chi connectivity index (χ1n) is 7.61. The zero-order chi connectivity index (χ0) is 15.9. The summed E-state index contributed by atoms with van der Waals surface area (Å²) in [5.41, 5.74) is 0.305. The Kier molecular flexibility index (Phi) is 3.94. The Hall–Kier alpha value is -1.47. The van der Waals surface area contributed by atoms with Crippen LogP contribution in [0.15, 0.2) is 23.1 Å². The van der Waals surface area contributed by atoms with Crippen LogP contribution in [0.5, 0.6) is 0 Å². The molecule has 2 aliphatic rings. The van der Waals surface area contributed by atoms with Gasteiger partial charge in [0.2, 0.25) is 10.0 Å². The Morgan fingerprint density at radius 3 is 2.64 bits per heavy atom. The molecule has 3 atom stereocenters. The van der Waals surface area contributed by atoms with E-state index in [1.165, 1.54) is 37.5 Å². The van der Waals surface area contributed by atoms with Crippen LogP contribution in [-0.2, 0) is 10.0 Å². The zero-order valence-corrected chi connectivity index (χ0v) is 13.3. The number of nitrogens with zero attached hydrogens (tertiary/aromatic N) is 1. The third-order valence-electron chi connectivity index (χ3n) is 5.08. The summed E-state index contributed by atoms with van der Waals surface area (Å²) >= 11 is 0. The Bertz CT molecular complexity index is 701. The van der Waals surface area contributed by atoms with E-state index in [0.29, 0.717) is 23.9 Å². The molecule has 0 heterocycles. The van der Waals surface area contributed by atoms with Crippen LogP contribution in [0, 0.1) is 34.8 Å². The van der Waals surface area contributed by atoms with E-state index in [1.807, 2.05) is 0 Å². The van der Waals surface area contributed by atoms with Gasteiger partial charge in [-0.2, -0.15) is 0 Å². The van der Waals surface area contributed by atoms with E-state index < -0.39 is 14.9 Å². The van der Waals surface area contributed by atoms with Crippen molar-refractivity contribution in [3.63, 3.8) is 0 Å². The van der Waals surface area contributed by atoms with Gasteiger partial charge in [0, 0.05) is 18.7 Å². The van der Waals surface area contributed by atoms with Crippen LogP contribution in [0.1, 0.15) is 31.2 Å². The fourth-order valence-electron chi connectivity index (χ4n) is 3.97. The molecule has 120 valence electrons. The minimum absolute atomic E-state index is 0.0930. The summed E-state index contributed by atoms with van der Waals surface area (Å²) in [6, 6.07) is 3.85. The second-order valence-corrected chi connectivity index (χ2v) is 8.23. The van der Waals surface area contributed by atoms with Gasteiger partial charge in [-0.1, -0.05) is 6.42 Å². The van der Waals surface area contributed by atoms with E-state index in [-0.39, 0.29) is 10.6 Å². The average Bonchev–Trinajstić information content (AvgIpc) is 3.07. The SMILES string of the molecule is Cc1cc([N+](=O)[O-])ccc1S(=O)(=O)NC[C@@H]1C[C@H]2CC[C@@H]1C2. The molecule has 2 bridgehead atoms. The van der Waals surface area contributed by atoms with E-state index in [9.17, 15) is 18.5 Å². The number of sulfonamides is 1. The molecule has 1 N–H and O–H groups in total. The molecule has 0 amide bonds. The lowest BCUT2D eigenvalue weighted by Gasteiger charge is -2.22. The molecule has 6 nitrogen and oxygen atoms in total. The average molecular weight is 324 g/mol. The van der Waals surface area contributed by atoms with Gasteiger partial charge >= 0.3 is 0 Å². The lowest BCUT2D eigenvalue weighted by molar-refractivity contribution is -0.385. The molecule has 0 aliphatic heterocycles. The second-order valence-electron chi connectivity index (χ2n) is 6.49. The van der Waals surface area contributed by atoms with Crippen molar-refractivity contribution >= 4 is 15.7 Å². The maximum atomic E-state index is 12.4. The number of nitro groups is 1. The predicted octanol–water partition coefficient (Wildman–Crippen LogP) is 2.62. The summed E-state index contributed by atoms with van der Waals surface area (Å²) in [4.78, 5) is 10.3. The lowest BCUT2D eigenvalue weighted by Crippen LogP contribution is -2.32. The quantitative estimate of drug-likeness (QED) is 0.666. The van der Waals surface area contributed by atoms with E-state index in [1.54, 1.807) is 6.92 Å². The monoisotopic (exact) mass is 324 g/mol. The number of nitrogens with one attached hydrogen (secondary N) is 1. The highest BCUT2D eigenvalue weighted by atomic mass is 32.2. The largest absolute Gasteiger partial charge is 0.269 e. The molecule has 0 spiro atoms. The van der Waals surface area contributed by atoms with Crippen LogP contribution in [-0.4, -0.2) is 19.9 Å². The molecule has 0 radical (unpaired) electrons. The van der Waals surface area contributed by atoms with Crippen LogP contribution < -0.4 is 4.72 Å². The van der Waals surface area contributed by atoms with Gasteiger partial charge in [-0.25, -0.2) is 13.1 Å². The number of fused-ring (bicyclic) bond motifs is 2. The second kappa shape index (κ2) is 5.62. The third kappa shape index (κ3) is 2.87. The van der Waals surface area contributed by atoms with Crippen LogP contribution in [0.4, 0.5) is 5.69 Å². The maximum Gasteiger partial charge on any atom is 0.269 e. The van der Waals surface area contributed by atoms with E-state index in [0.717, 1.165) is 12.3 Å². The summed E-state index contributed by atoms with van der Waals surface area (Å²) in [7, 11) is -3.61. The number of nitro benzene ring substituents is 1. The van der Waals surface area contributed by atoms with Gasteiger partial charge in [-0.15, -0.1) is 0 Å². The highest BCUT2D eigenvalue weighted by Gasteiger charge is 2.39. The standard InChI is InChI=1S/C15H20N2O4S/c1-10-6-14(17(18)19)4-5-15(10)22(20,21)16-9-13-8-11-2-3-12(13)7-11/h4-6,11-13,16H,2-3,7-9H2,1H3/t11-,12+,13-/m0/s1. The summed E-state index contributed by atoms with van der Waals surface area (Å²) in [6.07, 6.45) is 4.86. The van der Waals surface area contributed by atoms with Crippen molar-refractivity contribution in [2.24, 2.45) is 17.8 Å². The van der Waals surface area contributed by atoms with Gasteiger partial charge in [0.15, 0.2) is 0 Å². The summed E-state index contributed by atoms with van der Waals surface area (Å²) < 4.78 is 27.5. The van der Waals surface area contributed by atoms with Crippen LogP contribution in [0.2, 0.25) is 0 Å². The lowest BCUT2D eigenvalue weighted by atomic mass is 9.89. The number of hydrogen-bond donors (Lipinski definition) is 1.